The lowest BCUT2D eigenvalue weighted by Crippen LogP contribution is -2.23. The molecule has 2 amide bonds. The summed E-state index contributed by atoms with van der Waals surface area (Å²) in [7, 11) is 0. The summed E-state index contributed by atoms with van der Waals surface area (Å²) in [6.07, 6.45) is 1.53. The third-order valence-electron chi connectivity index (χ3n) is 3.24. The van der Waals surface area contributed by atoms with Crippen molar-refractivity contribution >= 4 is 29.4 Å². The summed E-state index contributed by atoms with van der Waals surface area (Å²) in [6.45, 7) is 2.98. The molecule has 0 spiro atoms. The first-order chi connectivity index (χ1) is 12.5. The van der Waals surface area contributed by atoms with Crippen molar-refractivity contribution in [2.45, 2.75) is 13.8 Å². The molecule has 7 nitrogen and oxygen atoms in total. The maximum atomic E-state index is 11.7. The predicted molar refractivity (Wildman–Crippen MR) is 101 cm³/mol. The van der Waals surface area contributed by atoms with E-state index in [9.17, 15) is 9.59 Å². The van der Waals surface area contributed by atoms with Gasteiger partial charge in [0.2, 0.25) is 5.91 Å². The SMILES string of the molecule is CC(=O)Nc1ccc(/C(C)=N\NC(=O)CO/N=C\c2ccccc2)cc1. The molecule has 2 aromatic rings. The minimum Gasteiger partial charge on any atom is -0.386 e. The van der Waals surface area contributed by atoms with Crippen molar-refractivity contribution in [1.29, 1.82) is 0 Å². The van der Waals surface area contributed by atoms with E-state index in [1.165, 1.54) is 13.1 Å². The van der Waals surface area contributed by atoms with E-state index in [1.54, 1.807) is 31.2 Å². The molecular formula is C19H20N4O3. The van der Waals surface area contributed by atoms with E-state index in [4.69, 9.17) is 4.84 Å². The number of anilines is 1. The summed E-state index contributed by atoms with van der Waals surface area (Å²) in [6, 6.07) is 16.5. The first-order valence-electron chi connectivity index (χ1n) is 7.96. The molecule has 0 atom stereocenters. The van der Waals surface area contributed by atoms with Crippen molar-refractivity contribution < 1.29 is 14.4 Å². The second kappa shape index (κ2) is 9.73. The topological polar surface area (TPSA) is 92.2 Å². The molecule has 134 valence electrons. The summed E-state index contributed by atoms with van der Waals surface area (Å²) in [5.41, 5.74) is 5.43. The van der Waals surface area contributed by atoms with E-state index in [1.807, 2.05) is 30.3 Å². The Morgan fingerprint density at radius 1 is 1.04 bits per heavy atom. The van der Waals surface area contributed by atoms with Crippen molar-refractivity contribution in [3.8, 4) is 0 Å². The lowest BCUT2D eigenvalue weighted by molar-refractivity contribution is -0.125. The Hall–Kier alpha value is -3.48. The van der Waals surface area contributed by atoms with Gasteiger partial charge in [-0.1, -0.05) is 47.6 Å². The quantitative estimate of drug-likeness (QED) is 0.592. The molecule has 0 saturated heterocycles. The zero-order valence-corrected chi connectivity index (χ0v) is 14.6. The highest BCUT2D eigenvalue weighted by atomic mass is 16.6. The molecule has 0 unspecified atom stereocenters. The maximum absolute atomic E-state index is 11.7. The molecule has 2 N–H and O–H groups in total. The average molecular weight is 352 g/mol. The molecule has 0 fully saturated rings. The summed E-state index contributed by atoms with van der Waals surface area (Å²) in [5.74, 6) is -0.547. The Bertz CT molecular complexity index is 799. The van der Waals surface area contributed by atoms with Crippen molar-refractivity contribution in [2.75, 3.05) is 11.9 Å². The molecule has 26 heavy (non-hydrogen) atoms. The van der Waals surface area contributed by atoms with Crippen LogP contribution in [0.1, 0.15) is 25.0 Å². The number of amides is 2. The Morgan fingerprint density at radius 3 is 2.38 bits per heavy atom. The van der Waals surface area contributed by atoms with Crippen LogP contribution in [0.4, 0.5) is 5.69 Å². The highest BCUT2D eigenvalue weighted by Gasteiger charge is 2.02. The van der Waals surface area contributed by atoms with E-state index < -0.39 is 5.91 Å². The zero-order valence-electron chi connectivity index (χ0n) is 14.6. The van der Waals surface area contributed by atoms with Gasteiger partial charge in [0.1, 0.15) is 0 Å². The third-order valence-corrected chi connectivity index (χ3v) is 3.24. The molecule has 7 heteroatoms. The number of nitrogens with zero attached hydrogens (tertiary/aromatic N) is 2. The monoisotopic (exact) mass is 352 g/mol. The second-order valence-corrected chi connectivity index (χ2v) is 5.41. The number of hydrazone groups is 1. The minimum atomic E-state index is -0.413. The van der Waals surface area contributed by atoms with Crippen molar-refractivity contribution in [1.82, 2.24) is 5.43 Å². The highest BCUT2D eigenvalue weighted by Crippen LogP contribution is 2.10. The lowest BCUT2D eigenvalue weighted by atomic mass is 10.1. The second-order valence-electron chi connectivity index (χ2n) is 5.41. The van der Waals surface area contributed by atoms with E-state index in [2.05, 4.69) is 21.0 Å². The van der Waals surface area contributed by atoms with Crippen LogP contribution in [-0.2, 0) is 14.4 Å². The van der Waals surface area contributed by atoms with Gasteiger partial charge in [-0.3, -0.25) is 9.59 Å². The molecule has 0 aliphatic carbocycles. The van der Waals surface area contributed by atoms with Crippen LogP contribution in [0.5, 0.6) is 0 Å². The minimum absolute atomic E-state index is 0.134. The van der Waals surface area contributed by atoms with Crippen LogP contribution in [0.15, 0.2) is 64.9 Å². The Morgan fingerprint density at radius 2 is 1.73 bits per heavy atom. The number of rotatable bonds is 7. The molecular weight excluding hydrogens is 332 g/mol. The number of carbonyl (C=O) groups excluding carboxylic acids is 2. The van der Waals surface area contributed by atoms with Crippen molar-refractivity contribution in [3.05, 3.63) is 65.7 Å². The molecule has 0 aliphatic heterocycles. The van der Waals surface area contributed by atoms with Crippen LogP contribution in [0.2, 0.25) is 0 Å². The van der Waals surface area contributed by atoms with Gasteiger partial charge in [0.15, 0.2) is 6.61 Å². The fourth-order valence-corrected chi connectivity index (χ4v) is 1.97. The summed E-state index contributed by atoms with van der Waals surface area (Å²) in [4.78, 5) is 27.6. The smallest absolute Gasteiger partial charge is 0.280 e. The van der Waals surface area contributed by atoms with Gasteiger partial charge in [-0.05, 0) is 30.2 Å². The van der Waals surface area contributed by atoms with Gasteiger partial charge in [0.05, 0.1) is 11.9 Å². The summed E-state index contributed by atoms with van der Waals surface area (Å²) in [5, 5.41) is 10.4. The first-order valence-corrected chi connectivity index (χ1v) is 7.96. The van der Waals surface area contributed by atoms with Gasteiger partial charge in [-0.25, -0.2) is 5.43 Å². The van der Waals surface area contributed by atoms with Crippen LogP contribution in [-0.4, -0.2) is 30.3 Å². The lowest BCUT2D eigenvalue weighted by Gasteiger charge is -2.05. The molecule has 0 radical (unpaired) electrons. The van der Waals surface area contributed by atoms with Gasteiger partial charge in [-0.2, -0.15) is 5.10 Å². The van der Waals surface area contributed by atoms with Gasteiger partial charge in [0, 0.05) is 12.6 Å². The maximum Gasteiger partial charge on any atom is 0.280 e. The number of benzene rings is 2. The number of carbonyl (C=O) groups is 2. The molecule has 0 bridgehead atoms. The average Bonchev–Trinajstić information content (AvgIpc) is 2.64. The van der Waals surface area contributed by atoms with E-state index in [0.717, 1.165) is 11.1 Å². The van der Waals surface area contributed by atoms with E-state index >= 15 is 0 Å². The Balaban J connectivity index is 1.79. The number of hydrogen-bond acceptors (Lipinski definition) is 5. The van der Waals surface area contributed by atoms with E-state index in [0.29, 0.717) is 11.4 Å². The molecule has 2 rings (SSSR count). The van der Waals surface area contributed by atoms with Crippen LogP contribution < -0.4 is 10.7 Å². The number of hydrogen-bond donors (Lipinski definition) is 2. The molecule has 0 saturated carbocycles. The standard InChI is InChI=1S/C19H20N4O3/c1-14(17-8-10-18(11-9-17)21-15(2)24)22-23-19(25)13-26-20-12-16-6-4-3-5-7-16/h3-12H,13H2,1-2H3,(H,21,24)(H,23,25)/b20-12-,22-14-. The van der Waals surface area contributed by atoms with Crippen LogP contribution in [0.3, 0.4) is 0 Å². The molecule has 0 heterocycles. The molecule has 0 aromatic heterocycles. The summed E-state index contributed by atoms with van der Waals surface area (Å²) < 4.78 is 0. The Kier molecular flexibility index (Phi) is 7.05. The van der Waals surface area contributed by atoms with Gasteiger partial charge >= 0.3 is 0 Å². The highest BCUT2D eigenvalue weighted by molar-refractivity contribution is 6.00. The van der Waals surface area contributed by atoms with Crippen LogP contribution in [0, 0.1) is 0 Å². The third kappa shape index (κ3) is 6.56. The van der Waals surface area contributed by atoms with Gasteiger partial charge in [-0.15, -0.1) is 0 Å². The zero-order chi connectivity index (χ0) is 18.8. The van der Waals surface area contributed by atoms with Gasteiger partial charge in [0.25, 0.3) is 5.91 Å². The van der Waals surface area contributed by atoms with Crippen molar-refractivity contribution in [3.63, 3.8) is 0 Å². The van der Waals surface area contributed by atoms with Crippen LogP contribution in [0.25, 0.3) is 0 Å². The number of oxime groups is 1. The normalized spacial score (nSPS) is 11.2. The first kappa shape index (κ1) is 18.9. The largest absolute Gasteiger partial charge is 0.386 e. The van der Waals surface area contributed by atoms with E-state index in [-0.39, 0.29) is 12.5 Å². The van der Waals surface area contributed by atoms with Crippen molar-refractivity contribution in [2.24, 2.45) is 10.3 Å². The number of nitrogens with one attached hydrogen (secondary N) is 2. The van der Waals surface area contributed by atoms with Gasteiger partial charge < -0.3 is 10.2 Å². The predicted octanol–water partition coefficient (Wildman–Crippen LogP) is 2.54. The fourth-order valence-electron chi connectivity index (χ4n) is 1.97. The Labute approximate surface area is 151 Å². The summed E-state index contributed by atoms with van der Waals surface area (Å²) >= 11 is 0. The van der Waals surface area contributed by atoms with Crippen LogP contribution >= 0.6 is 0 Å². The molecule has 2 aromatic carbocycles. The molecule has 0 aliphatic rings. The fraction of sp³-hybridized carbons (Fsp3) is 0.158.